The van der Waals surface area contributed by atoms with Crippen molar-refractivity contribution in [1.29, 1.82) is 0 Å². The van der Waals surface area contributed by atoms with Crippen LogP contribution >= 0.6 is 12.2 Å². The fourth-order valence-corrected chi connectivity index (χ4v) is 3.21. The molecule has 1 aromatic carbocycles. The van der Waals surface area contributed by atoms with E-state index in [0.29, 0.717) is 23.3 Å². The van der Waals surface area contributed by atoms with E-state index in [9.17, 15) is 5.11 Å². The summed E-state index contributed by atoms with van der Waals surface area (Å²) < 4.78 is 4.53. The number of aliphatic hydroxyl groups excluding tert-OH is 1. The van der Waals surface area contributed by atoms with Crippen LogP contribution in [0.5, 0.6) is 0 Å². The molecule has 0 atom stereocenters. The quantitative estimate of drug-likeness (QED) is 0.780. The van der Waals surface area contributed by atoms with Gasteiger partial charge in [0.15, 0.2) is 10.6 Å². The van der Waals surface area contributed by atoms with Crippen LogP contribution in [0.2, 0.25) is 0 Å². The lowest BCUT2D eigenvalue weighted by molar-refractivity contribution is 0.238. The number of benzene rings is 1. The third-order valence-corrected chi connectivity index (χ3v) is 4.68. The molecule has 0 aliphatic heterocycles. The summed E-state index contributed by atoms with van der Waals surface area (Å²) in [6, 6.07) is 8.97. The molecule has 0 unspecified atom stereocenters. The molecule has 130 valence electrons. The predicted octanol–water partition coefficient (Wildman–Crippen LogP) is 2.40. The SMILES string of the molecule is CN(Cc1ccc(N(C)C)cc1)Cn1nc(CO)n(C2CC2)c1=S. The highest BCUT2D eigenvalue weighted by Crippen LogP contribution is 2.36. The number of aromatic nitrogens is 3. The van der Waals surface area contributed by atoms with Crippen molar-refractivity contribution in [2.45, 2.75) is 38.7 Å². The maximum absolute atomic E-state index is 9.51. The second-order valence-corrected chi connectivity index (χ2v) is 7.04. The molecule has 0 amide bonds. The average Bonchev–Trinajstić information content (AvgIpc) is 3.33. The van der Waals surface area contributed by atoms with Gasteiger partial charge >= 0.3 is 0 Å². The minimum absolute atomic E-state index is 0.0666. The van der Waals surface area contributed by atoms with Crippen LogP contribution in [-0.2, 0) is 19.8 Å². The van der Waals surface area contributed by atoms with Gasteiger partial charge < -0.3 is 10.0 Å². The van der Waals surface area contributed by atoms with Crippen LogP contribution in [-0.4, -0.2) is 45.5 Å². The van der Waals surface area contributed by atoms with Crippen LogP contribution < -0.4 is 4.90 Å². The summed E-state index contributed by atoms with van der Waals surface area (Å²) in [7, 11) is 6.13. The maximum atomic E-state index is 9.51. The third-order valence-electron chi connectivity index (χ3n) is 4.28. The molecular weight excluding hydrogens is 322 g/mol. The summed E-state index contributed by atoms with van der Waals surface area (Å²) >= 11 is 5.54. The minimum Gasteiger partial charge on any atom is -0.388 e. The lowest BCUT2D eigenvalue weighted by Crippen LogP contribution is -2.22. The molecule has 1 aliphatic rings. The van der Waals surface area contributed by atoms with E-state index >= 15 is 0 Å². The molecule has 1 saturated carbocycles. The number of rotatable bonds is 7. The summed E-state index contributed by atoms with van der Waals surface area (Å²) in [5, 5.41) is 14.0. The Kier molecular flexibility index (Phi) is 5.03. The first-order chi connectivity index (χ1) is 11.5. The van der Waals surface area contributed by atoms with Crippen molar-refractivity contribution in [2.24, 2.45) is 0 Å². The standard InChI is InChI=1S/C17H25N5OS/c1-19(2)14-6-4-13(5-7-14)10-20(3)12-21-17(24)22(15-8-9-15)16(11-23)18-21/h4-7,15,23H,8-12H2,1-3H3. The van der Waals surface area contributed by atoms with E-state index in [2.05, 4.69) is 46.2 Å². The summed E-state index contributed by atoms with van der Waals surface area (Å²) in [6.07, 6.45) is 2.25. The fourth-order valence-electron chi connectivity index (χ4n) is 2.85. The van der Waals surface area contributed by atoms with Gasteiger partial charge in [-0.2, -0.15) is 5.10 Å². The second kappa shape index (κ2) is 7.04. The second-order valence-electron chi connectivity index (χ2n) is 6.67. The molecule has 1 aliphatic carbocycles. The van der Waals surface area contributed by atoms with Gasteiger partial charge in [0.05, 0.1) is 6.67 Å². The zero-order chi connectivity index (χ0) is 17.3. The molecule has 0 radical (unpaired) electrons. The van der Waals surface area contributed by atoms with Gasteiger partial charge in [0.25, 0.3) is 0 Å². The van der Waals surface area contributed by atoms with Crippen molar-refractivity contribution in [1.82, 2.24) is 19.2 Å². The van der Waals surface area contributed by atoms with Crippen LogP contribution in [0.4, 0.5) is 5.69 Å². The number of hydrogen-bond donors (Lipinski definition) is 1. The molecule has 0 saturated heterocycles. The largest absolute Gasteiger partial charge is 0.388 e. The summed E-state index contributed by atoms with van der Waals surface area (Å²) in [5.41, 5.74) is 2.44. The first kappa shape index (κ1) is 17.1. The van der Waals surface area contributed by atoms with E-state index < -0.39 is 0 Å². The van der Waals surface area contributed by atoms with Gasteiger partial charge in [-0.1, -0.05) is 12.1 Å². The normalized spacial score (nSPS) is 14.4. The Balaban J connectivity index is 1.68. The predicted molar refractivity (Wildman–Crippen MR) is 97.5 cm³/mol. The number of hydrogen-bond acceptors (Lipinski definition) is 5. The molecule has 1 heterocycles. The van der Waals surface area contributed by atoms with E-state index in [1.54, 1.807) is 0 Å². The van der Waals surface area contributed by atoms with Crippen molar-refractivity contribution in [3.8, 4) is 0 Å². The Bertz CT molecular complexity index is 745. The molecular formula is C17H25N5OS. The van der Waals surface area contributed by atoms with Gasteiger partial charge in [0, 0.05) is 32.4 Å². The van der Waals surface area contributed by atoms with Crippen molar-refractivity contribution in [2.75, 3.05) is 26.0 Å². The Hall–Kier alpha value is -1.70. The summed E-state index contributed by atoms with van der Waals surface area (Å²) in [6.45, 7) is 1.37. The van der Waals surface area contributed by atoms with Gasteiger partial charge in [-0.15, -0.1) is 0 Å². The van der Waals surface area contributed by atoms with Crippen LogP contribution in [0.3, 0.4) is 0 Å². The van der Waals surface area contributed by atoms with E-state index in [-0.39, 0.29) is 6.61 Å². The van der Waals surface area contributed by atoms with Gasteiger partial charge in [0.1, 0.15) is 6.61 Å². The zero-order valence-electron chi connectivity index (χ0n) is 14.5. The first-order valence-corrected chi connectivity index (χ1v) is 8.64. The highest BCUT2D eigenvalue weighted by molar-refractivity contribution is 7.71. The maximum Gasteiger partial charge on any atom is 0.199 e. The Morgan fingerprint density at radius 3 is 2.42 bits per heavy atom. The Morgan fingerprint density at radius 1 is 1.21 bits per heavy atom. The zero-order valence-corrected chi connectivity index (χ0v) is 15.3. The molecule has 1 aromatic heterocycles. The van der Waals surface area contributed by atoms with E-state index in [0.717, 1.165) is 19.4 Å². The van der Waals surface area contributed by atoms with Crippen molar-refractivity contribution >= 4 is 17.9 Å². The van der Waals surface area contributed by atoms with Crippen molar-refractivity contribution in [3.63, 3.8) is 0 Å². The number of nitrogens with zero attached hydrogens (tertiary/aromatic N) is 5. The van der Waals surface area contributed by atoms with Crippen LogP contribution in [0, 0.1) is 4.77 Å². The molecule has 1 N–H and O–H groups in total. The fraction of sp³-hybridized carbons (Fsp3) is 0.529. The van der Waals surface area contributed by atoms with E-state index in [1.807, 2.05) is 23.3 Å². The average molecular weight is 347 g/mol. The van der Waals surface area contributed by atoms with Gasteiger partial charge in [-0.05, 0) is 49.8 Å². The van der Waals surface area contributed by atoms with Crippen molar-refractivity contribution in [3.05, 3.63) is 40.4 Å². The molecule has 0 spiro atoms. The summed E-state index contributed by atoms with van der Waals surface area (Å²) in [4.78, 5) is 4.26. The Labute approximate surface area is 147 Å². The molecule has 3 rings (SSSR count). The molecule has 2 aromatic rings. The highest BCUT2D eigenvalue weighted by Gasteiger charge is 2.28. The van der Waals surface area contributed by atoms with Crippen LogP contribution in [0.25, 0.3) is 0 Å². The molecule has 1 fully saturated rings. The van der Waals surface area contributed by atoms with Gasteiger partial charge in [-0.25, -0.2) is 4.68 Å². The van der Waals surface area contributed by atoms with Crippen LogP contribution in [0.1, 0.15) is 30.3 Å². The topological polar surface area (TPSA) is 49.5 Å². The highest BCUT2D eigenvalue weighted by atomic mass is 32.1. The number of aliphatic hydroxyl groups is 1. The Morgan fingerprint density at radius 2 is 1.88 bits per heavy atom. The van der Waals surface area contributed by atoms with Gasteiger partial charge in [0.2, 0.25) is 0 Å². The summed E-state index contributed by atoms with van der Waals surface area (Å²) in [5.74, 6) is 0.672. The van der Waals surface area contributed by atoms with E-state index in [4.69, 9.17) is 12.2 Å². The first-order valence-electron chi connectivity index (χ1n) is 8.23. The van der Waals surface area contributed by atoms with Crippen molar-refractivity contribution < 1.29 is 5.11 Å². The minimum atomic E-state index is -0.0666. The molecule has 7 heteroatoms. The third kappa shape index (κ3) is 3.68. The monoisotopic (exact) mass is 347 g/mol. The molecule has 6 nitrogen and oxygen atoms in total. The lowest BCUT2D eigenvalue weighted by atomic mass is 10.2. The van der Waals surface area contributed by atoms with E-state index in [1.165, 1.54) is 11.3 Å². The lowest BCUT2D eigenvalue weighted by Gasteiger charge is -2.18. The molecule has 0 bridgehead atoms. The number of anilines is 1. The van der Waals surface area contributed by atoms with Gasteiger partial charge in [-0.3, -0.25) is 9.47 Å². The molecule has 24 heavy (non-hydrogen) atoms. The smallest absolute Gasteiger partial charge is 0.199 e. The van der Waals surface area contributed by atoms with Crippen LogP contribution in [0.15, 0.2) is 24.3 Å².